The second-order valence-electron chi connectivity index (χ2n) is 9.20. The lowest BCUT2D eigenvalue weighted by atomic mass is 9.63. The number of rotatable bonds is 2. The van der Waals surface area contributed by atoms with Crippen LogP contribution < -0.4 is 5.46 Å². The number of hydrogen-bond acceptors (Lipinski definition) is 0. The van der Waals surface area contributed by atoms with Crippen LogP contribution in [0.1, 0.15) is 51.7 Å². The fourth-order valence-corrected chi connectivity index (χ4v) is 4.43. The molecule has 0 nitrogen and oxygen atoms in total. The lowest BCUT2D eigenvalue weighted by molar-refractivity contribution is 0.332. The second kappa shape index (κ2) is 6.41. The van der Waals surface area contributed by atoms with Gasteiger partial charge in [-0.3, -0.25) is 0 Å². The van der Waals surface area contributed by atoms with Gasteiger partial charge in [0.15, 0.2) is 0 Å². The molecule has 3 aromatic rings. The smallest absolute Gasteiger partial charge is 0.0960 e. The van der Waals surface area contributed by atoms with Crippen LogP contribution >= 0.6 is 0 Å². The van der Waals surface area contributed by atoms with Crippen molar-refractivity contribution in [1.82, 2.24) is 0 Å². The molecule has 0 atom stereocenters. The minimum Gasteiger partial charge on any atom is -0.0960 e. The van der Waals surface area contributed by atoms with E-state index < -0.39 is 0 Å². The molecule has 0 saturated heterocycles. The number of hydrogen-bond donors (Lipinski definition) is 0. The first kappa shape index (κ1) is 18.1. The SMILES string of the molecule is [B]c1ccc(-c2ccccc2)c(-c2ccc3c(c2)C(C)(C)CCC3(C)C)c1. The molecule has 0 aromatic heterocycles. The first-order valence-corrected chi connectivity index (χ1v) is 9.88. The number of fused-ring (bicyclic) bond motifs is 1. The van der Waals surface area contributed by atoms with Crippen LogP contribution in [-0.2, 0) is 10.8 Å². The first-order valence-electron chi connectivity index (χ1n) is 9.88. The van der Waals surface area contributed by atoms with E-state index in [1.807, 2.05) is 6.07 Å². The molecular weight excluding hydrogens is 323 g/mol. The van der Waals surface area contributed by atoms with Gasteiger partial charge in [0.25, 0.3) is 0 Å². The van der Waals surface area contributed by atoms with E-state index in [0.717, 1.165) is 5.46 Å². The zero-order chi connectivity index (χ0) is 19.2. The van der Waals surface area contributed by atoms with Crippen LogP contribution in [0.2, 0.25) is 0 Å². The molecule has 0 unspecified atom stereocenters. The van der Waals surface area contributed by atoms with Gasteiger partial charge in [-0.2, -0.15) is 0 Å². The van der Waals surface area contributed by atoms with E-state index in [9.17, 15) is 0 Å². The Morgan fingerprint density at radius 3 is 2.00 bits per heavy atom. The highest BCUT2D eigenvalue weighted by atomic mass is 14.4. The van der Waals surface area contributed by atoms with Crippen molar-refractivity contribution >= 4 is 13.3 Å². The highest BCUT2D eigenvalue weighted by Crippen LogP contribution is 2.47. The maximum absolute atomic E-state index is 6.18. The Morgan fingerprint density at radius 2 is 1.30 bits per heavy atom. The number of benzene rings is 3. The van der Waals surface area contributed by atoms with Crippen LogP contribution in [0.3, 0.4) is 0 Å². The highest BCUT2D eigenvalue weighted by Gasteiger charge is 2.37. The lowest BCUT2D eigenvalue weighted by Crippen LogP contribution is -2.33. The van der Waals surface area contributed by atoms with Crippen LogP contribution in [0.4, 0.5) is 0 Å². The summed E-state index contributed by atoms with van der Waals surface area (Å²) in [5.74, 6) is 0. The molecule has 0 spiro atoms. The maximum Gasteiger partial charge on any atom is 0.113 e. The third-order valence-electron chi connectivity index (χ3n) is 6.29. The van der Waals surface area contributed by atoms with Gasteiger partial charge < -0.3 is 0 Å². The quantitative estimate of drug-likeness (QED) is 0.485. The summed E-state index contributed by atoms with van der Waals surface area (Å²) in [6, 6.07) is 23.9. The van der Waals surface area contributed by atoms with E-state index in [-0.39, 0.29) is 10.8 Å². The topological polar surface area (TPSA) is 0 Å². The van der Waals surface area contributed by atoms with E-state index in [1.165, 1.54) is 46.2 Å². The van der Waals surface area contributed by atoms with Gasteiger partial charge in [0, 0.05) is 0 Å². The van der Waals surface area contributed by atoms with Crippen LogP contribution in [0.5, 0.6) is 0 Å². The van der Waals surface area contributed by atoms with Gasteiger partial charge in [-0.1, -0.05) is 99.9 Å². The summed E-state index contributed by atoms with van der Waals surface area (Å²) in [6.07, 6.45) is 2.46. The molecule has 27 heavy (non-hydrogen) atoms. The summed E-state index contributed by atoms with van der Waals surface area (Å²) in [4.78, 5) is 0. The molecular formula is C26H27B. The minimum atomic E-state index is 0.202. The molecule has 134 valence electrons. The zero-order valence-corrected chi connectivity index (χ0v) is 16.8. The maximum atomic E-state index is 6.18. The van der Waals surface area contributed by atoms with Gasteiger partial charge >= 0.3 is 0 Å². The molecule has 3 aromatic carbocycles. The second-order valence-corrected chi connectivity index (χ2v) is 9.20. The van der Waals surface area contributed by atoms with Crippen LogP contribution in [0, 0.1) is 0 Å². The Bertz CT molecular complexity index is 980. The van der Waals surface area contributed by atoms with Crippen molar-refractivity contribution < 1.29 is 0 Å². The van der Waals surface area contributed by atoms with E-state index >= 15 is 0 Å². The zero-order valence-electron chi connectivity index (χ0n) is 16.8. The molecule has 2 radical (unpaired) electrons. The highest BCUT2D eigenvalue weighted by molar-refractivity contribution is 6.32. The Hall–Kier alpha value is -2.28. The van der Waals surface area contributed by atoms with Crippen molar-refractivity contribution in [3.8, 4) is 22.3 Å². The lowest BCUT2D eigenvalue weighted by Gasteiger charge is -2.42. The third kappa shape index (κ3) is 3.25. The molecule has 0 saturated carbocycles. The summed E-state index contributed by atoms with van der Waals surface area (Å²) in [6.45, 7) is 9.50. The van der Waals surface area contributed by atoms with E-state index in [2.05, 4.69) is 88.4 Å². The van der Waals surface area contributed by atoms with Crippen LogP contribution in [0.15, 0.2) is 66.7 Å². The van der Waals surface area contributed by atoms with Crippen molar-refractivity contribution in [3.05, 3.63) is 77.9 Å². The van der Waals surface area contributed by atoms with Crippen molar-refractivity contribution in [2.75, 3.05) is 0 Å². The summed E-state index contributed by atoms with van der Waals surface area (Å²) in [5.41, 5.74) is 9.15. The standard InChI is InChI=1S/C26H27B/c1-25(2)14-15-26(3,4)24-16-19(10-13-23(24)25)22-17-20(27)11-12-21(22)18-8-6-5-7-9-18/h5-13,16-17H,14-15H2,1-4H3. The molecule has 0 N–H and O–H groups in total. The van der Waals surface area contributed by atoms with Crippen molar-refractivity contribution in [1.29, 1.82) is 0 Å². The van der Waals surface area contributed by atoms with Gasteiger partial charge in [-0.05, 0) is 57.1 Å². The molecule has 1 heteroatoms. The molecule has 0 bridgehead atoms. The predicted octanol–water partition coefficient (Wildman–Crippen LogP) is 6.16. The first-order chi connectivity index (χ1) is 12.8. The summed E-state index contributed by atoms with van der Waals surface area (Å²) < 4.78 is 0. The van der Waals surface area contributed by atoms with Crippen molar-refractivity contribution in [2.45, 2.75) is 51.4 Å². The largest absolute Gasteiger partial charge is 0.113 e. The molecule has 1 aliphatic carbocycles. The summed E-state index contributed by atoms with van der Waals surface area (Å²) in [7, 11) is 6.18. The average Bonchev–Trinajstić information content (AvgIpc) is 2.66. The van der Waals surface area contributed by atoms with E-state index in [1.54, 1.807) is 0 Å². The Labute approximate surface area is 165 Å². The van der Waals surface area contributed by atoms with Crippen molar-refractivity contribution in [2.24, 2.45) is 0 Å². The molecule has 0 aliphatic heterocycles. The third-order valence-corrected chi connectivity index (χ3v) is 6.29. The fraction of sp³-hybridized carbons (Fsp3) is 0.308. The minimum absolute atomic E-state index is 0.202. The Kier molecular flexibility index (Phi) is 4.30. The van der Waals surface area contributed by atoms with Gasteiger partial charge in [0.1, 0.15) is 7.85 Å². The van der Waals surface area contributed by atoms with Gasteiger partial charge in [-0.25, -0.2) is 0 Å². The molecule has 4 rings (SSSR count). The van der Waals surface area contributed by atoms with Gasteiger partial charge in [-0.15, -0.1) is 0 Å². The molecule has 1 aliphatic rings. The average molecular weight is 350 g/mol. The van der Waals surface area contributed by atoms with Gasteiger partial charge in [0.05, 0.1) is 0 Å². The Morgan fingerprint density at radius 1 is 0.630 bits per heavy atom. The molecule has 0 fully saturated rings. The van der Waals surface area contributed by atoms with E-state index in [4.69, 9.17) is 7.85 Å². The van der Waals surface area contributed by atoms with Crippen LogP contribution in [-0.4, -0.2) is 7.85 Å². The van der Waals surface area contributed by atoms with Gasteiger partial charge in [0.2, 0.25) is 0 Å². The summed E-state index contributed by atoms with van der Waals surface area (Å²) in [5, 5.41) is 0. The Balaban J connectivity index is 1.92. The normalized spacial score (nSPS) is 17.3. The van der Waals surface area contributed by atoms with Crippen molar-refractivity contribution in [3.63, 3.8) is 0 Å². The summed E-state index contributed by atoms with van der Waals surface area (Å²) >= 11 is 0. The fourth-order valence-electron chi connectivity index (χ4n) is 4.43. The van der Waals surface area contributed by atoms with Crippen LogP contribution in [0.25, 0.3) is 22.3 Å². The molecule has 0 heterocycles. The van der Waals surface area contributed by atoms with E-state index in [0.29, 0.717) is 0 Å². The monoisotopic (exact) mass is 350 g/mol. The molecule has 0 amide bonds. The predicted molar refractivity (Wildman–Crippen MR) is 118 cm³/mol.